The van der Waals surface area contributed by atoms with Gasteiger partial charge in [0.1, 0.15) is 0 Å². The van der Waals surface area contributed by atoms with Gasteiger partial charge in [-0.2, -0.15) is 4.68 Å². The van der Waals surface area contributed by atoms with Crippen LogP contribution < -0.4 is 0 Å². The minimum atomic E-state index is -0.561. The maximum absolute atomic E-state index is 11.1. The number of carbonyl (C=O) groups excluding carboxylic acids is 1. The SMILES string of the molecule is CCCCOC(=O)n1ccc(O)n1. The van der Waals surface area contributed by atoms with E-state index in [-0.39, 0.29) is 5.88 Å². The van der Waals surface area contributed by atoms with E-state index < -0.39 is 6.09 Å². The maximum atomic E-state index is 11.1. The highest BCUT2D eigenvalue weighted by Crippen LogP contribution is 2.02. The third-order valence-electron chi connectivity index (χ3n) is 1.49. The van der Waals surface area contributed by atoms with E-state index in [1.807, 2.05) is 6.92 Å². The molecule has 0 spiro atoms. The molecule has 72 valence electrons. The quantitative estimate of drug-likeness (QED) is 0.720. The summed E-state index contributed by atoms with van der Waals surface area (Å²) >= 11 is 0. The number of aromatic nitrogens is 2. The summed E-state index contributed by atoms with van der Waals surface area (Å²) in [6.45, 7) is 2.39. The van der Waals surface area contributed by atoms with Gasteiger partial charge in [-0.3, -0.25) is 0 Å². The normalized spacial score (nSPS) is 9.92. The fourth-order valence-corrected chi connectivity index (χ4v) is 0.786. The number of hydrogen-bond acceptors (Lipinski definition) is 4. The number of ether oxygens (including phenoxy) is 1. The van der Waals surface area contributed by atoms with Gasteiger partial charge < -0.3 is 9.84 Å². The molecule has 1 rings (SSSR count). The second-order valence-electron chi connectivity index (χ2n) is 2.59. The Morgan fingerprint density at radius 2 is 2.54 bits per heavy atom. The van der Waals surface area contributed by atoms with Crippen LogP contribution in [0.2, 0.25) is 0 Å². The van der Waals surface area contributed by atoms with Crippen molar-refractivity contribution in [3.63, 3.8) is 0 Å². The summed E-state index contributed by atoms with van der Waals surface area (Å²) in [7, 11) is 0. The van der Waals surface area contributed by atoms with Gasteiger partial charge in [0.25, 0.3) is 0 Å². The molecule has 0 aromatic carbocycles. The lowest BCUT2D eigenvalue weighted by atomic mass is 10.4. The zero-order valence-electron chi connectivity index (χ0n) is 7.43. The second kappa shape index (κ2) is 4.49. The van der Waals surface area contributed by atoms with Crippen molar-refractivity contribution < 1.29 is 14.6 Å². The zero-order valence-corrected chi connectivity index (χ0v) is 7.43. The molecule has 0 radical (unpaired) electrons. The van der Waals surface area contributed by atoms with Gasteiger partial charge in [-0.1, -0.05) is 13.3 Å². The molecule has 5 nitrogen and oxygen atoms in total. The Morgan fingerprint density at radius 3 is 3.08 bits per heavy atom. The minimum Gasteiger partial charge on any atom is -0.492 e. The van der Waals surface area contributed by atoms with E-state index in [4.69, 9.17) is 9.84 Å². The van der Waals surface area contributed by atoms with Crippen molar-refractivity contribution >= 4 is 6.09 Å². The van der Waals surface area contributed by atoms with Crippen molar-refractivity contribution in [1.29, 1.82) is 0 Å². The Bertz CT molecular complexity index is 283. The third kappa shape index (κ3) is 2.77. The molecule has 0 bridgehead atoms. The van der Waals surface area contributed by atoms with Crippen LogP contribution in [0.3, 0.4) is 0 Å². The minimum absolute atomic E-state index is 0.188. The van der Waals surface area contributed by atoms with Gasteiger partial charge in [0.05, 0.1) is 6.61 Å². The lowest BCUT2D eigenvalue weighted by Gasteiger charge is -2.01. The highest BCUT2D eigenvalue weighted by atomic mass is 16.6. The molecule has 0 atom stereocenters. The molecule has 0 unspecified atom stereocenters. The first-order valence-corrected chi connectivity index (χ1v) is 4.16. The van der Waals surface area contributed by atoms with Crippen LogP contribution in [-0.2, 0) is 4.74 Å². The number of nitrogens with zero attached hydrogens (tertiary/aromatic N) is 2. The number of unbranched alkanes of at least 4 members (excludes halogenated alkanes) is 1. The number of rotatable bonds is 3. The second-order valence-corrected chi connectivity index (χ2v) is 2.59. The Morgan fingerprint density at radius 1 is 1.77 bits per heavy atom. The monoisotopic (exact) mass is 184 g/mol. The van der Waals surface area contributed by atoms with E-state index >= 15 is 0 Å². The number of aromatic hydroxyl groups is 1. The van der Waals surface area contributed by atoms with Crippen LogP contribution in [-0.4, -0.2) is 27.6 Å². The molecular weight excluding hydrogens is 172 g/mol. The first-order chi connectivity index (χ1) is 6.24. The van der Waals surface area contributed by atoms with E-state index in [1.54, 1.807) is 0 Å². The molecule has 0 aliphatic heterocycles. The maximum Gasteiger partial charge on any atom is 0.434 e. The van der Waals surface area contributed by atoms with Gasteiger partial charge in [0, 0.05) is 12.3 Å². The number of carbonyl (C=O) groups is 1. The van der Waals surface area contributed by atoms with Crippen LogP contribution in [0.4, 0.5) is 4.79 Å². The Hall–Kier alpha value is -1.52. The van der Waals surface area contributed by atoms with E-state index in [0.717, 1.165) is 17.5 Å². The molecule has 1 aromatic heterocycles. The summed E-state index contributed by atoms with van der Waals surface area (Å²) in [6, 6.07) is 1.32. The molecule has 13 heavy (non-hydrogen) atoms. The molecule has 1 N–H and O–H groups in total. The summed E-state index contributed by atoms with van der Waals surface area (Å²) in [5, 5.41) is 12.3. The van der Waals surface area contributed by atoms with Gasteiger partial charge >= 0.3 is 6.09 Å². The van der Waals surface area contributed by atoms with Crippen LogP contribution in [0, 0.1) is 0 Å². The van der Waals surface area contributed by atoms with Crippen LogP contribution >= 0.6 is 0 Å². The first-order valence-electron chi connectivity index (χ1n) is 4.16. The van der Waals surface area contributed by atoms with Crippen molar-refractivity contribution in [2.24, 2.45) is 0 Å². The number of hydrogen-bond donors (Lipinski definition) is 1. The largest absolute Gasteiger partial charge is 0.492 e. The van der Waals surface area contributed by atoms with Gasteiger partial charge in [0.2, 0.25) is 5.88 Å². The van der Waals surface area contributed by atoms with E-state index in [0.29, 0.717) is 6.61 Å². The topological polar surface area (TPSA) is 64.3 Å². The third-order valence-corrected chi connectivity index (χ3v) is 1.49. The molecule has 0 amide bonds. The van der Waals surface area contributed by atoms with Crippen LogP contribution in [0.25, 0.3) is 0 Å². The first kappa shape index (κ1) is 9.57. The van der Waals surface area contributed by atoms with Crippen LogP contribution in [0.5, 0.6) is 5.88 Å². The van der Waals surface area contributed by atoms with Crippen molar-refractivity contribution in [1.82, 2.24) is 9.78 Å². The molecule has 0 saturated carbocycles. The summed E-state index contributed by atoms with van der Waals surface area (Å²) in [6.07, 6.45) is 2.59. The molecule has 0 saturated heterocycles. The molecule has 1 heterocycles. The Kier molecular flexibility index (Phi) is 3.31. The zero-order chi connectivity index (χ0) is 9.68. The summed E-state index contributed by atoms with van der Waals surface area (Å²) in [5.74, 6) is -0.188. The van der Waals surface area contributed by atoms with Gasteiger partial charge in [-0.25, -0.2) is 4.79 Å². The van der Waals surface area contributed by atoms with Crippen LogP contribution in [0.15, 0.2) is 12.3 Å². The highest BCUT2D eigenvalue weighted by Gasteiger charge is 2.06. The van der Waals surface area contributed by atoms with E-state index in [9.17, 15) is 4.79 Å². The van der Waals surface area contributed by atoms with E-state index in [2.05, 4.69) is 5.10 Å². The Balaban J connectivity index is 2.40. The summed E-state index contributed by atoms with van der Waals surface area (Å²) < 4.78 is 5.80. The van der Waals surface area contributed by atoms with Gasteiger partial charge in [-0.15, -0.1) is 5.10 Å². The van der Waals surface area contributed by atoms with Crippen molar-refractivity contribution in [2.45, 2.75) is 19.8 Å². The lowest BCUT2D eigenvalue weighted by Crippen LogP contribution is -2.14. The molecule has 0 fully saturated rings. The molecule has 1 aromatic rings. The van der Waals surface area contributed by atoms with Crippen molar-refractivity contribution in [3.05, 3.63) is 12.3 Å². The Labute approximate surface area is 75.9 Å². The van der Waals surface area contributed by atoms with E-state index in [1.165, 1.54) is 12.3 Å². The average molecular weight is 184 g/mol. The van der Waals surface area contributed by atoms with Crippen LogP contribution in [0.1, 0.15) is 19.8 Å². The fourth-order valence-electron chi connectivity index (χ4n) is 0.786. The molecule has 5 heteroatoms. The standard InChI is InChI=1S/C8H12N2O3/c1-2-3-6-13-8(12)10-5-4-7(11)9-10/h4-5H,2-3,6H2,1H3,(H,9,11). The molecular formula is C8H12N2O3. The summed E-state index contributed by atoms with van der Waals surface area (Å²) in [5.41, 5.74) is 0. The smallest absolute Gasteiger partial charge is 0.434 e. The van der Waals surface area contributed by atoms with Crippen molar-refractivity contribution in [3.8, 4) is 5.88 Å². The lowest BCUT2D eigenvalue weighted by molar-refractivity contribution is 0.142. The molecule has 0 aliphatic carbocycles. The highest BCUT2D eigenvalue weighted by molar-refractivity contribution is 5.69. The predicted molar refractivity (Wildman–Crippen MR) is 45.5 cm³/mol. The van der Waals surface area contributed by atoms with Gasteiger partial charge in [0.15, 0.2) is 0 Å². The summed E-state index contributed by atoms with van der Waals surface area (Å²) in [4.78, 5) is 11.1. The predicted octanol–water partition coefficient (Wildman–Crippen LogP) is 1.37. The fraction of sp³-hybridized carbons (Fsp3) is 0.500. The average Bonchev–Trinajstić information content (AvgIpc) is 2.52. The van der Waals surface area contributed by atoms with Gasteiger partial charge in [-0.05, 0) is 6.42 Å². The molecule has 0 aliphatic rings. The van der Waals surface area contributed by atoms with Crippen molar-refractivity contribution in [2.75, 3.05) is 6.61 Å².